The summed E-state index contributed by atoms with van der Waals surface area (Å²) in [7, 11) is 0. The molecular weight excluding hydrogens is 392 g/mol. The molecule has 0 amide bonds. The summed E-state index contributed by atoms with van der Waals surface area (Å²) >= 11 is 0. The topological polar surface area (TPSA) is 101 Å². The summed E-state index contributed by atoms with van der Waals surface area (Å²) in [5.74, 6) is -1.27. The largest absolute Gasteiger partial charge is 0.457 e. The lowest BCUT2D eigenvalue weighted by molar-refractivity contribution is -0.354. The van der Waals surface area contributed by atoms with Crippen LogP contribution in [0.2, 0.25) is 0 Å². The standard InChI is InChI=1S/C22H22O8/c1-13(23)27-19-17(24)22(30-20(25)14-8-4-2-5-9-14)28-16-12-26-21(29-18(16)19)15-10-6-3-7-11-15/h2-11,16-19,21-22,24H,12H2,1H3/t16-,17-,18-,19-,21?,22-/m1/s1. The molecule has 0 aromatic heterocycles. The highest BCUT2D eigenvalue weighted by Crippen LogP contribution is 2.35. The number of hydrogen-bond acceptors (Lipinski definition) is 8. The van der Waals surface area contributed by atoms with Crippen LogP contribution in [-0.4, -0.2) is 54.4 Å². The van der Waals surface area contributed by atoms with Crippen LogP contribution in [-0.2, 0) is 28.5 Å². The van der Waals surface area contributed by atoms with Crippen LogP contribution >= 0.6 is 0 Å². The predicted octanol–water partition coefficient (Wildman–Crippen LogP) is 1.98. The molecule has 2 aliphatic rings. The van der Waals surface area contributed by atoms with Crippen LogP contribution in [0.5, 0.6) is 0 Å². The van der Waals surface area contributed by atoms with Crippen molar-refractivity contribution in [3.63, 3.8) is 0 Å². The number of carbonyl (C=O) groups is 2. The Morgan fingerprint density at radius 3 is 2.30 bits per heavy atom. The monoisotopic (exact) mass is 414 g/mol. The van der Waals surface area contributed by atoms with Crippen molar-refractivity contribution in [1.82, 2.24) is 0 Å². The van der Waals surface area contributed by atoms with Gasteiger partial charge in [0.05, 0.1) is 12.2 Å². The highest BCUT2D eigenvalue weighted by atomic mass is 16.8. The Balaban J connectivity index is 1.52. The lowest BCUT2D eigenvalue weighted by atomic mass is 9.97. The van der Waals surface area contributed by atoms with E-state index in [0.29, 0.717) is 5.56 Å². The summed E-state index contributed by atoms with van der Waals surface area (Å²) in [4.78, 5) is 24.1. The van der Waals surface area contributed by atoms with Crippen molar-refractivity contribution in [2.75, 3.05) is 6.61 Å². The van der Waals surface area contributed by atoms with Gasteiger partial charge in [0, 0.05) is 12.5 Å². The van der Waals surface area contributed by atoms with Gasteiger partial charge in [-0.25, -0.2) is 4.79 Å². The van der Waals surface area contributed by atoms with E-state index in [1.807, 2.05) is 30.3 Å². The maximum absolute atomic E-state index is 12.4. The molecule has 2 saturated heterocycles. The van der Waals surface area contributed by atoms with Crippen LogP contribution in [0.1, 0.15) is 29.1 Å². The van der Waals surface area contributed by atoms with Gasteiger partial charge in [-0.15, -0.1) is 0 Å². The Morgan fingerprint density at radius 1 is 0.967 bits per heavy atom. The number of aliphatic hydroxyl groups excluding tert-OH is 1. The molecule has 2 aromatic carbocycles. The Morgan fingerprint density at radius 2 is 1.63 bits per heavy atom. The fraction of sp³-hybridized carbons (Fsp3) is 0.364. The van der Waals surface area contributed by atoms with E-state index in [1.165, 1.54) is 6.92 Å². The second-order valence-corrected chi connectivity index (χ2v) is 7.06. The van der Waals surface area contributed by atoms with Crippen molar-refractivity contribution in [2.45, 2.75) is 43.9 Å². The van der Waals surface area contributed by atoms with Crippen LogP contribution in [0, 0.1) is 0 Å². The fourth-order valence-electron chi connectivity index (χ4n) is 3.51. The molecule has 8 heteroatoms. The molecule has 8 nitrogen and oxygen atoms in total. The number of ether oxygens (including phenoxy) is 5. The Hall–Kier alpha value is -2.78. The number of fused-ring (bicyclic) bond motifs is 1. The van der Waals surface area contributed by atoms with E-state index in [0.717, 1.165) is 5.56 Å². The molecule has 0 aliphatic carbocycles. The van der Waals surface area contributed by atoms with Gasteiger partial charge >= 0.3 is 11.9 Å². The summed E-state index contributed by atoms with van der Waals surface area (Å²) in [5, 5.41) is 10.8. The molecule has 0 bridgehead atoms. The number of hydrogen-bond donors (Lipinski definition) is 1. The third-order valence-corrected chi connectivity index (χ3v) is 4.91. The number of rotatable bonds is 4. The Labute approximate surface area is 173 Å². The SMILES string of the molecule is CC(=O)O[C@@H]1[C@@H](O)[C@@H](OC(=O)c2ccccc2)O[C@@H]2COC(c3ccccc3)O[C@@H]12. The molecule has 1 unspecified atom stereocenters. The number of aliphatic hydroxyl groups is 1. The van der Waals surface area contributed by atoms with Gasteiger partial charge in [-0.05, 0) is 12.1 Å². The second-order valence-electron chi connectivity index (χ2n) is 7.06. The molecule has 2 fully saturated rings. The summed E-state index contributed by atoms with van der Waals surface area (Å²) in [6, 6.07) is 17.6. The molecule has 1 N–H and O–H groups in total. The van der Waals surface area contributed by atoms with E-state index in [4.69, 9.17) is 23.7 Å². The van der Waals surface area contributed by atoms with Gasteiger partial charge in [-0.1, -0.05) is 48.5 Å². The smallest absolute Gasteiger partial charge is 0.340 e. The molecule has 0 radical (unpaired) electrons. The molecule has 2 aromatic rings. The predicted molar refractivity (Wildman–Crippen MR) is 102 cm³/mol. The first-order chi connectivity index (χ1) is 14.5. The van der Waals surface area contributed by atoms with Gasteiger partial charge in [0.25, 0.3) is 0 Å². The minimum absolute atomic E-state index is 0.105. The third kappa shape index (κ3) is 4.36. The van der Waals surface area contributed by atoms with Crippen molar-refractivity contribution in [2.24, 2.45) is 0 Å². The third-order valence-electron chi connectivity index (χ3n) is 4.91. The van der Waals surface area contributed by atoms with Gasteiger partial charge in [-0.3, -0.25) is 4.79 Å². The summed E-state index contributed by atoms with van der Waals surface area (Å²) in [6.07, 6.45) is -6.07. The maximum atomic E-state index is 12.4. The molecule has 0 spiro atoms. The van der Waals surface area contributed by atoms with E-state index in [9.17, 15) is 14.7 Å². The quantitative estimate of drug-likeness (QED) is 0.758. The molecule has 2 aliphatic heterocycles. The highest BCUT2D eigenvalue weighted by molar-refractivity contribution is 5.89. The zero-order chi connectivity index (χ0) is 21.1. The second kappa shape index (κ2) is 8.93. The maximum Gasteiger partial charge on any atom is 0.340 e. The van der Waals surface area contributed by atoms with Crippen LogP contribution in [0.15, 0.2) is 60.7 Å². The normalized spacial score (nSPS) is 30.7. The van der Waals surface area contributed by atoms with Gasteiger partial charge < -0.3 is 28.8 Å². The van der Waals surface area contributed by atoms with Crippen molar-refractivity contribution >= 4 is 11.9 Å². The Kier molecular flexibility index (Phi) is 6.10. The first kappa shape index (κ1) is 20.5. The van der Waals surface area contributed by atoms with Crippen molar-refractivity contribution in [3.8, 4) is 0 Å². The van der Waals surface area contributed by atoms with E-state index in [1.54, 1.807) is 30.3 Å². The van der Waals surface area contributed by atoms with E-state index in [-0.39, 0.29) is 6.61 Å². The average Bonchev–Trinajstić information content (AvgIpc) is 2.77. The summed E-state index contributed by atoms with van der Waals surface area (Å²) < 4.78 is 28.2. The van der Waals surface area contributed by atoms with Gasteiger partial charge in [0.15, 0.2) is 18.5 Å². The molecule has 6 atom stereocenters. The lowest BCUT2D eigenvalue weighted by Gasteiger charge is -2.46. The molecule has 0 saturated carbocycles. The molecule has 2 heterocycles. The Bertz CT molecular complexity index is 871. The van der Waals surface area contributed by atoms with Crippen LogP contribution < -0.4 is 0 Å². The summed E-state index contributed by atoms with van der Waals surface area (Å²) in [5.41, 5.74) is 1.09. The number of benzene rings is 2. The highest BCUT2D eigenvalue weighted by Gasteiger charge is 2.52. The molecule has 4 rings (SSSR count). The lowest BCUT2D eigenvalue weighted by Crippen LogP contribution is -2.63. The van der Waals surface area contributed by atoms with Crippen LogP contribution in [0.4, 0.5) is 0 Å². The molecule has 158 valence electrons. The van der Waals surface area contributed by atoms with Crippen molar-refractivity contribution < 1.29 is 38.4 Å². The zero-order valence-corrected chi connectivity index (χ0v) is 16.2. The van der Waals surface area contributed by atoms with Crippen molar-refractivity contribution in [3.05, 3.63) is 71.8 Å². The fourth-order valence-corrected chi connectivity index (χ4v) is 3.51. The minimum atomic E-state index is -1.43. The van der Waals surface area contributed by atoms with E-state index >= 15 is 0 Å². The van der Waals surface area contributed by atoms with E-state index < -0.39 is 48.9 Å². The molecule has 30 heavy (non-hydrogen) atoms. The first-order valence-electron chi connectivity index (χ1n) is 9.61. The van der Waals surface area contributed by atoms with Gasteiger partial charge in [0.1, 0.15) is 12.2 Å². The van der Waals surface area contributed by atoms with E-state index in [2.05, 4.69) is 0 Å². The summed E-state index contributed by atoms with van der Waals surface area (Å²) in [6.45, 7) is 1.34. The average molecular weight is 414 g/mol. The minimum Gasteiger partial charge on any atom is -0.457 e. The van der Waals surface area contributed by atoms with Gasteiger partial charge in [-0.2, -0.15) is 0 Å². The van der Waals surface area contributed by atoms with Crippen LogP contribution in [0.25, 0.3) is 0 Å². The van der Waals surface area contributed by atoms with Crippen molar-refractivity contribution in [1.29, 1.82) is 0 Å². The van der Waals surface area contributed by atoms with Crippen LogP contribution in [0.3, 0.4) is 0 Å². The molecular formula is C22H22O8. The number of carbonyl (C=O) groups excluding carboxylic acids is 2. The first-order valence-corrected chi connectivity index (χ1v) is 9.61. The number of esters is 2. The zero-order valence-electron chi connectivity index (χ0n) is 16.2. The van der Waals surface area contributed by atoms with Gasteiger partial charge in [0.2, 0.25) is 6.29 Å².